The average Bonchev–Trinajstić information content (AvgIpc) is 2.20. The molecular formula is C13H18O. The van der Waals surface area contributed by atoms with Crippen molar-refractivity contribution in [3.63, 3.8) is 0 Å². The highest BCUT2D eigenvalue weighted by Crippen LogP contribution is 2.30. The van der Waals surface area contributed by atoms with Crippen LogP contribution < -0.4 is 0 Å². The zero-order valence-electron chi connectivity index (χ0n) is 9.39. The lowest BCUT2D eigenvalue weighted by Crippen LogP contribution is -1.87. The van der Waals surface area contributed by atoms with Crippen LogP contribution in [0.2, 0.25) is 0 Å². The number of hydrogen-bond donors (Lipinski definition) is 1. The first kappa shape index (κ1) is 10.8. The Kier molecular flexibility index (Phi) is 3.34. The summed E-state index contributed by atoms with van der Waals surface area (Å²) in [4.78, 5) is 0. The van der Waals surface area contributed by atoms with E-state index >= 15 is 0 Å². The fraction of sp³-hybridized carbons (Fsp3) is 0.385. The Hall–Kier alpha value is -1.24. The summed E-state index contributed by atoms with van der Waals surface area (Å²) in [5, 5.41) is 9.88. The number of para-hydroxylation sites is 1. The molecule has 0 unspecified atom stereocenters. The van der Waals surface area contributed by atoms with Crippen LogP contribution in [0, 0.1) is 6.92 Å². The smallest absolute Gasteiger partial charge is 0.125 e. The Labute approximate surface area is 86.1 Å². The van der Waals surface area contributed by atoms with Crippen LogP contribution in [0.1, 0.15) is 38.3 Å². The third-order valence-electron chi connectivity index (χ3n) is 2.81. The molecular weight excluding hydrogens is 172 g/mol. The zero-order valence-corrected chi connectivity index (χ0v) is 9.39. The molecule has 0 radical (unpaired) electrons. The third-order valence-corrected chi connectivity index (χ3v) is 2.81. The van der Waals surface area contributed by atoms with Crippen molar-refractivity contribution in [1.82, 2.24) is 0 Å². The maximum absolute atomic E-state index is 9.88. The van der Waals surface area contributed by atoms with Crippen LogP contribution in [0.4, 0.5) is 0 Å². The summed E-state index contributed by atoms with van der Waals surface area (Å²) < 4.78 is 0. The molecule has 0 heterocycles. The summed E-state index contributed by atoms with van der Waals surface area (Å²) in [7, 11) is 0. The lowest BCUT2D eigenvalue weighted by atomic mass is 9.98. The molecule has 0 spiro atoms. The van der Waals surface area contributed by atoms with Gasteiger partial charge < -0.3 is 5.11 Å². The van der Waals surface area contributed by atoms with Gasteiger partial charge in [0.1, 0.15) is 5.75 Å². The fourth-order valence-corrected chi connectivity index (χ4v) is 1.46. The van der Waals surface area contributed by atoms with Crippen LogP contribution in [-0.4, -0.2) is 5.11 Å². The van der Waals surface area contributed by atoms with E-state index in [9.17, 15) is 5.11 Å². The van der Waals surface area contributed by atoms with E-state index in [0.29, 0.717) is 5.75 Å². The first-order valence-corrected chi connectivity index (χ1v) is 5.03. The van der Waals surface area contributed by atoms with Gasteiger partial charge in [-0.2, -0.15) is 0 Å². The number of aromatic hydroxyl groups is 1. The van der Waals surface area contributed by atoms with Gasteiger partial charge in [0, 0.05) is 5.56 Å². The van der Waals surface area contributed by atoms with Crippen LogP contribution in [-0.2, 0) is 0 Å². The largest absolute Gasteiger partial charge is 0.507 e. The van der Waals surface area contributed by atoms with Crippen molar-refractivity contribution >= 4 is 5.57 Å². The Bertz CT molecular complexity index is 361. The number of phenolic OH excluding ortho intramolecular Hbond substituents is 1. The summed E-state index contributed by atoms with van der Waals surface area (Å²) >= 11 is 0. The van der Waals surface area contributed by atoms with Gasteiger partial charge in [0.15, 0.2) is 0 Å². The summed E-state index contributed by atoms with van der Waals surface area (Å²) in [5.41, 5.74) is 4.41. The zero-order chi connectivity index (χ0) is 10.7. The summed E-state index contributed by atoms with van der Waals surface area (Å²) in [6, 6.07) is 5.88. The molecule has 1 heteroatoms. The van der Waals surface area contributed by atoms with Gasteiger partial charge in [0.2, 0.25) is 0 Å². The Balaban J connectivity index is 3.27. The molecule has 14 heavy (non-hydrogen) atoms. The van der Waals surface area contributed by atoms with Gasteiger partial charge in [-0.25, -0.2) is 0 Å². The molecule has 76 valence electrons. The second-order valence-electron chi connectivity index (χ2n) is 3.73. The van der Waals surface area contributed by atoms with Crippen LogP contribution in [0.15, 0.2) is 23.8 Å². The standard InChI is InChI=1S/C13H18O/c1-5-9(2)11(4)12-8-6-7-10(3)13(12)14/h6-8,14H,5H2,1-4H3/b11-9-. The summed E-state index contributed by atoms with van der Waals surface area (Å²) in [5.74, 6) is 0.415. The Morgan fingerprint density at radius 1 is 1.29 bits per heavy atom. The number of allylic oxidation sites excluding steroid dienone is 2. The Morgan fingerprint density at radius 3 is 2.50 bits per heavy atom. The molecule has 0 aliphatic rings. The van der Waals surface area contributed by atoms with Gasteiger partial charge >= 0.3 is 0 Å². The SMILES string of the molecule is CC/C(C)=C(/C)c1cccc(C)c1O. The number of rotatable bonds is 2. The monoisotopic (exact) mass is 190 g/mol. The molecule has 1 aromatic rings. The van der Waals surface area contributed by atoms with E-state index in [1.54, 1.807) is 0 Å². The topological polar surface area (TPSA) is 20.2 Å². The molecule has 0 bridgehead atoms. The number of phenols is 1. The molecule has 1 rings (SSSR count). The van der Waals surface area contributed by atoms with Crippen LogP contribution >= 0.6 is 0 Å². The minimum absolute atomic E-state index is 0.415. The van der Waals surface area contributed by atoms with Crippen molar-refractivity contribution in [3.05, 3.63) is 34.9 Å². The minimum Gasteiger partial charge on any atom is -0.507 e. The number of hydrogen-bond acceptors (Lipinski definition) is 1. The van der Waals surface area contributed by atoms with Crippen molar-refractivity contribution in [3.8, 4) is 5.75 Å². The van der Waals surface area contributed by atoms with Gasteiger partial charge in [-0.05, 0) is 38.3 Å². The van der Waals surface area contributed by atoms with Crippen molar-refractivity contribution in [1.29, 1.82) is 0 Å². The lowest BCUT2D eigenvalue weighted by Gasteiger charge is -2.10. The van der Waals surface area contributed by atoms with Gasteiger partial charge in [-0.15, -0.1) is 0 Å². The first-order valence-electron chi connectivity index (χ1n) is 5.03. The predicted molar refractivity (Wildman–Crippen MR) is 61.4 cm³/mol. The van der Waals surface area contributed by atoms with E-state index < -0.39 is 0 Å². The highest BCUT2D eigenvalue weighted by molar-refractivity contribution is 5.72. The van der Waals surface area contributed by atoms with Gasteiger partial charge in [0.05, 0.1) is 0 Å². The molecule has 1 nitrogen and oxygen atoms in total. The van der Waals surface area contributed by atoms with Crippen molar-refractivity contribution in [2.24, 2.45) is 0 Å². The molecule has 0 saturated carbocycles. The maximum Gasteiger partial charge on any atom is 0.125 e. The van der Waals surface area contributed by atoms with Crippen LogP contribution in [0.25, 0.3) is 5.57 Å². The van der Waals surface area contributed by atoms with Crippen molar-refractivity contribution < 1.29 is 5.11 Å². The van der Waals surface area contributed by atoms with E-state index in [4.69, 9.17) is 0 Å². The minimum atomic E-state index is 0.415. The molecule has 0 aromatic heterocycles. The van der Waals surface area contributed by atoms with Crippen LogP contribution in [0.5, 0.6) is 5.75 Å². The Morgan fingerprint density at radius 2 is 1.93 bits per heavy atom. The van der Waals surface area contributed by atoms with Gasteiger partial charge in [0.25, 0.3) is 0 Å². The summed E-state index contributed by atoms with van der Waals surface area (Å²) in [6.07, 6.45) is 1.03. The molecule has 0 aliphatic heterocycles. The molecule has 0 saturated heterocycles. The average molecular weight is 190 g/mol. The van der Waals surface area contributed by atoms with E-state index in [1.165, 1.54) is 11.1 Å². The molecule has 0 aliphatic carbocycles. The van der Waals surface area contributed by atoms with Gasteiger partial charge in [-0.1, -0.05) is 30.7 Å². The lowest BCUT2D eigenvalue weighted by molar-refractivity contribution is 0.469. The predicted octanol–water partition coefficient (Wildman–Crippen LogP) is 3.90. The number of benzene rings is 1. The normalized spacial score (nSPS) is 12.6. The fourth-order valence-electron chi connectivity index (χ4n) is 1.46. The molecule has 0 amide bonds. The number of aryl methyl sites for hydroxylation is 1. The molecule has 0 atom stereocenters. The van der Waals surface area contributed by atoms with Crippen molar-refractivity contribution in [2.75, 3.05) is 0 Å². The quantitative estimate of drug-likeness (QED) is 0.749. The van der Waals surface area contributed by atoms with Gasteiger partial charge in [-0.3, -0.25) is 0 Å². The first-order chi connectivity index (χ1) is 6.57. The van der Waals surface area contributed by atoms with E-state index in [1.807, 2.05) is 25.1 Å². The van der Waals surface area contributed by atoms with Crippen LogP contribution in [0.3, 0.4) is 0 Å². The third kappa shape index (κ3) is 1.98. The second-order valence-corrected chi connectivity index (χ2v) is 3.73. The summed E-state index contributed by atoms with van der Waals surface area (Å²) in [6.45, 7) is 8.23. The highest BCUT2D eigenvalue weighted by Gasteiger charge is 2.06. The second kappa shape index (κ2) is 4.32. The van der Waals surface area contributed by atoms with E-state index in [0.717, 1.165) is 17.5 Å². The molecule has 1 aromatic carbocycles. The molecule has 1 N–H and O–H groups in total. The van der Waals surface area contributed by atoms with Crippen molar-refractivity contribution in [2.45, 2.75) is 34.1 Å². The van der Waals surface area contributed by atoms with E-state index in [-0.39, 0.29) is 0 Å². The highest BCUT2D eigenvalue weighted by atomic mass is 16.3. The maximum atomic E-state index is 9.88. The van der Waals surface area contributed by atoms with E-state index in [2.05, 4.69) is 20.8 Å². The molecule has 0 fully saturated rings.